The highest BCUT2D eigenvalue weighted by atomic mass is 35.5. The lowest BCUT2D eigenvalue weighted by Crippen LogP contribution is -2.14. The van der Waals surface area contributed by atoms with Gasteiger partial charge in [-0.15, -0.1) is 0 Å². The van der Waals surface area contributed by atoms with Gasteiger partial charge < -0.3 is 4.74 Å². The number of hydrogen-bond donors (Lipinski definition) is 1. The van der Waals surface area contributed by atoms with Crippen molar-refractivity contribution >= 4 is 23.4 Å². The van der Waals surface area contributed by atoms with Gasteiger partial charge in [0.15, 0.2) is 0 Å². The van der Waals surface area contributed by atoms with E-state index in [-0.39, 0.29) is 0 Å². The zero-order chi connectivity index (χ0) is 12.5. The van der Waals surface area contributed by atoms with Gasteiger partial charge in [-0.25, -0.2) is 4.79 Å². The summed E-state index contributed by atoms with van der Waals surface area (Å²) in [5.41, 5.74) is 0.688. The van der Waals surface area contributed by atoms with Gasteiger partial charge in [-0.1, -0.05) is 37.8 Å². The predicted molar refractivity (Wildman–Crippen MR) is 70.6 cm³/mol. The Morgan fingerprint density at radius 3 is 2.59 bits per heavy atom. The molecule has 0 atom stereocenters. The zero-order valence-electron chi connectivity index (χ0n) is 10.0. The van der Waals surface area contributed by atoms with Crippen molar-refractivity contribution in [1.29, 1.82) is 0 Å². The number of hydrogen-bond acceptors (Lipinski definition) is 2. The molecule has 3 nitrogen and oxygen atoms in total. The smallest absolute Gasteiger partial charge is 0.411 e. The first kappa shape index (κ1) is 13.8. The SMILES string of the molecule is CCCCCCOC(=O)Nc1ccc(Cl)cc1. The van der Waals surface area contributed by atoms with Crippen LogP contribution in [0.2, 0.25) is 5.02 Å². The molecule has 0 saturated heterocycles. The molecule has 0 aromatic heterocycles. The van der Waals surface area contributed by atoms with Crippen molar-refractivity contribution in [1.82, 2.24) is 0 Å². The maximum absolute atomic E-state index is 11.4. The van der Waals surface area contributed by atoms with Crippen molar-refractivity contribution in [3.8, 4) is 0 Å². The van der Waals surface area contributed by atoms with Gasteiger partial charge in [0.1, 0.15) is 0 Å². The first-order valence-electron chi connectivity index (χ1n) is 5.91. The number of ether oxygens (including phenoxy) is 1. The Kier molecular flexibility index (Phi) is 6.48. The summed E-state index contributed by atoms with van der Waals surface area (Å²) >= 11 is 5.74. The second-order valence-electron chi connectivity index (χ2n) is 3.83. The summed E-state index contributed by atoms with van der Waals surface area (Å²) in [4.78, 5) is 11.4. The van der Waals surface area contributed by atoms with E-state index in [4.69, 9.17) is 16.3 Å². The Hall–Kier alpha value is -1.22. The Labute approximate surface area is 107 Å². The fraction of sp³-hybridized carbons (Fsp3) is 0.462. The average Bonchev–Trinajstić information content (AvgIpc) is 2.32. The van der Waals surface area contributed by atoms with Gasteiger partial charge in [0.25, 0.3) is 0 Å². The molecule has 0 bridgehead atoms. The highest BCUT2D eigenvalue weighted by molar-refractivity contribution is 6.30. The van der Waals surface area contributed by atoms with Crippen LogP contribution in [0.1, 0.15) is 32.6 Å². The van der Waals surface area contributed by atoms with Crippen LogP contribution in [0.15, 0.2) is 24.3 Å². The van der Waals surface area contributed by atoms with Crippen LogP contribution in [0, 0.1) is 0 Å². The second kappa shape index (κ2) is 7.96. The fourth-order valence-corrected chi connectivity index (χ4v) is 1.51. The topological polar surface area (TPSA) is 38.3 Å². The molecular formula is C13H18ClNO2. The molecule has 4 heteroatoms. The number of carbonyl (C=O) groups excluding carboxylic acids is 1. The third-order valence-electron chi connectivity index (χ3n) is 2.32. The minimum absolute atomic E-state index is 0.413. The number of unbranched alkanes of at least 4 members (excludes halogenated alkanes) is 3. The summed E-state index contributed by atoms with van der Waals surface area (Å²) in [5.74, 6) is 0. The molecule has 0 heterocycles. The van der Waals surface area contributed by atoms with Crippen LogP contribution in [-0.2, 0) is 4.74 Å². The highest BCUT2D eigenvalue weighted by Crippen LogP contribution is 2.13. The van der Waals surface area contributed by atoms with Crippen LogP contribution >= 0.6 is 11.6 Å². The number of amides is 1. The van der Waals surface area contributed by atoms with Crippen LogP contribution in [0.25, 0.3) is 0 Å². The van der Waals surface area contributed by atoms with Crippen molar-refractivity contribution in [3.05, 3.63) is 29.3 Å². The van der Waals surface area contributed by atoms with Crippen LogP contribution in [0.4, 0.5) is 10.5 Å². The lowest BCUT2D eigenvalue weighted by atomic mass is 10.2. The van der Waals surface area contributed by atoms with E-state index in [1.807, 2.05) is 0 Å². The summed E-state index contributed by atoms with van der Waals surface area (Å²) in [7, 11) is 0. The molecule has 1 rings (SSSR count). The number of rotatable bonds is 6. The van der Waals surface area contributed by atoms with Crippen molar-refractivity contribution < 1.29 is 9.53 Å². The van der Waals surface area contributed by atoms with Gasteiger partial charge in [-0.2, -0.15) is 0 Å². The van der Waals surface area contributed by atoms with Crippen molar-refractivity contribution in [2.45, 2.75) is 32.6 Å². The lowest BCUT2D eigenvalue weighted by Gasteiger charge is -2.06. The van der Waals surface area contributed by atoms with Crippen molar-refractivity contribution in [3.63, 3.8) is 0 Å². The molecule has 1 N–H and O–H groups in total. The zero-order valence-corrected chi connectivity index (χ0v) is 10.8. The van der Waals surface area contributed by atoms with E-state index < -0.39 is 6.09 Å². The second-order valence-corrected chi connectivity index (χ2v) is 4.26. The highest BCUT2D eigenvalue weighted by Gasteiger charge is 2.02. The summed E-state index contributed by atoms with van der Waals surface area (Å²) in [6.45, 7) is 2.62. The van der Waals surface area contributed by atoms with E-state index in [2.05, 4.69) is 12.2 Å². The molecule has 1 aromatic carbocycles. The molecule has 0 aliphatic rings. The summed E-state index contributed by atoms with van der Waals surface area (Å²) in [5, 5.41) is 3.28. The van der Waals surface area contributed by atoms with Gasteiger partial charge in [0.05, 0.1) is 6.61 Å². The van der Waals surface area contributed by atoms with E-state index in [1.54, 1.807) is 24.3 Å². The molecule has 17 heavy (non-hydrogen) atoms. The number of carbonyl (C=O) groups is 1. The lowest BCUT2D eigenvalue weighted by molar-refractivity contribution is 0.159. The van der Waals surface area contributed by atoms with Crippen LogP contribution in [0.3, 0.4) is 0 Å². The van der Waals surface area contributed by atoms with E-state index in [0.29, 0.717) is 17.3 Å². The Morgan fingerprint density at radius 1 is 1.24 bits per heavy atom. The van der Waals surface area contributed by atoms with Crippen LogP contribution in [-0.4, -0.2) is 12.7 Å². The van der Waals surface area contributed by atoms with Gasteiger partial charge in [0.2, 0.25) is 0 Å². The number of halogens is 1. The van der Waals surface area contributed by atoms with Crippen molar-refractivity contribution in [2.75, 3.05) is 11.9 Å². The maximum atomic E-state index is 11.4. The molecule has 0 saturated carbocycles. The van der Waals surface area contributed by atoms with Gasteiger partial charge in [-0.05, 0) is 30.7 Å². The summed E-state index contributed by atoms with van der Waals surface area (Å²) < 4.78 is 5.04. The third kappa shape index (κ3) is 6.17. The first-order chi connectivity index (χ1) is 8.22. The molecular weight excluding hydrogens is 238 g/mol. The molecule has 94 valence electrons. The minimum Gasteiger partial charge on any atom is -0.449 e. The van der Waals surface area contributed by atoms with Crippen molar-refractivity contribution in [2.24, 2.45) is 0 Å². The molecule has 0 aliphatic heterocycles. The predicted octanol–water partition coefficient (Wildman–Crippen LogP) is 4.47. The summed E-state index contributed by atoms with van der Waals surface area (Å²) in [6, 6.07) is 6.91. The van der Waals surface area contributed by atoms with E-state index in [1.165, 1.54) is 12.8 Å². The summed E-state index contributed by atoms with van der Waals surface area (Å²) in [6.07, 6.45) is 3.97. The Morgan fingerprint density at radius 2 is 1.94 bits per heavy atom. The number of nitrogens with one attached hydrogen (secondary N) is 1. The Bertz CT molecular complexity index is 338. The first-order valence-corrected chi connectivity index (χ1v) is 6.29. The van der Waals surface area contributed by atoms with Gasteiger partial charge in [0, 0.05) is 10.7 Å². The van der Waals surface area contributed by atoms with Crippen LogP contribution in [0.5, 0.6) is 0 Å². The van der Waals surface area contributed by atoms with E-state index >= 15 is 0 Å². The van der Waals surface area contributed by atoms with Gasteiger partial charge >= 0.3 is 6.09 Å². The average molecular weight is 256 g/mol. The van der Waals surface area contributed by atoms with Crippen LogP contribution < -0.4 is 5.32 Å². The molecule has 1 aromatic rings. The largest absolute Gasteiger partial charge is 0.449 e. The van der Waals surface area contributed by atoms with E-state index in [9.17, 15) is 4.79 Å². The quantitative estimate of drug-likeness (QED) is 0.762. The normalized spacial score (nSPS) is 10.0. The monoisotopic (exact) mass is 255 g/mol. The molecule has 0 unspecified atom stereocenters. The third-order valence-corrected chi connectivity index (χ3v) is 2.57. The number of anilines is 1. The van der Waals surface area contributed by atoms with E-state index in [0.717, 1.165) is 12.8 Å². The van der Waals surface area contributed by atoms with Gasteiger partial charge in [-0.3, -0.25) is 5.32 Å². The maximum Gasteiger partial charge on any atom is 0.411 e. The molecule has 1 amide bonds. The minimum atomic E-state index is -0.413. The standard InChI is InChI=1S/C13H18ClNO2/c1-2-3-4-5-10-17-13(16)15-12-8-6-11(14)7-9-12/h6-9H,2-5,10H2,1H3,(H,15,16). The molecule has 0 spiro atoms. The molecule has 0 fully saturated rings. The number of benzene rings is 1. The fourth-order valence-electron chi connectivity index (χ4n) is 1.38. The molecule has 0 radical (unpaired) electrons. The Balaban J connectivity index is 2.18. The molecule has 0 aliphatic carbocycles.